The van der Waals surface area contributed by atoms with Crippen LogP contribution in [0, 0.1) is 0 Å². The molecule has 0 fully saturated rings. The first-order valence-electron chi connectivity index (χ1n) is 15.2. The molecule has 5 aromatic rings. The van der Waals surface area contributed by atoms with Gasteiger partial charge in [0.15, 0.2) is 0 Å². The van der Waals surface area contributed by atoms with Crippen LogP contribution in [0.2, 0.25) is 0 Å². The molecule has 246 valence electrons. The third-order valence-electron chi connectivity index (χ3n) is 7.24. The number of hydrogen-bond donors (Lipinski definition) is 3. The first-order chi connectivity index (χ1) is 23.9. The Kier molecular flexibility index (Phi) is 11.6. The van der Waals surface area contributed by atoms with Crippen LogP contribution in [0.4, 0.5) is 11.4 Å². The number of carbonyl (C=O) groups excluding carboxylic acids is 4. The van der Waals surface area contributed by atoms with Gasteiger partial charge in [0.2, 0.25) is 5.91 Å². The minimum absolute atomic E-state index is 0.00206. The third-order valence-corrected chi connectivity index (χ3v) is 8.49. The predicted octanol–water partition coefficient (Wildman–Crippen LogP) is 7.36. The van der Waals surface area contributed by atoms with Crippen molar-refractivity contribution in [3.63, 3.8) is 0 Å². The molecule has 0 aliphatic rings. The number of rotatable bonds is 12. The van der Waals surface area contributed by atoms with Crippen LogP contribution in [-0.2, 0) is 14.3 Å². The normalized spacial score (nSPS) is 11.5. The van der Waals surface area contributed by atoms with Crippen LogP contribution >= 0.6 is 11.8 Å². The fourth-order valence-corrected chi connectivity index (χ4v) is 5.93. The van der Waals surface area contributed by atoms with Crippen molar-refractivity contribution in [2.24, 2.45) is 0 Å². The predicted molar refractivity (Wildman–Crippen MR) is 191 cm³/mol. The molecule has 0 saturated heterocycles. The van der Waals surface area contributed by atoms with Crippen LogP contribution in [0.1, 0.15) is 37.1 Å². The van der Waals surface area contributed by atoms with Gasteiger partial charge < -0.3 is 25.4 Å². The molecular weight excluding hydrogens is 639 g/mol. The number of thioether (sulfide) groups is 1. The first kappa shape index (κ1) is 34.2. The van der Waals surface area contributed by atoms with E-state index in [-0.39, 0.29) is 17.2 Å². The lowest BCUT2D eigenvalue weighted by atomic mass is 10.1. The van der Waals surface area contributed by atoms with Gasteiger partial charge in [0.05, 0.1) is 25.5 Å². The Morgan fingerprint density at radius 2 is 1.39 bits per heavy atom. The van der Waals surface area contributed by atoms with Gasteiger partial charge in [0, 0.05) is 21.7 Å². The van der Waals surface area contributed by atoms with E-state index in [2.05, 4.69) is 16.0 Å². The van der Waals surface area contributed by atoms with E-state index in [4.69, 9.17) is 9.47 Å². The van der Waals surface area contributed by atoms with E-state index in [0.29, 0.717) is 33.1 Å². The van der Waals surface area contributed by atoms with E-state index in [9.17, 15) is 19.2 Å². The van der Waals surface area contributed by atoms with Crippen LogP contribution in [0.25, 0.3) is 6.08 Å². The molecule has 9 nitrogen and oxygen atoms in total. The smallest absolute Gasteiger partial charge is 0.339 e. The highest BCUT2D eigenvalue weighted by Crippen LogP contribution is 2.37. The Morgan fingerprint density at radius 1 is 0.714 bits per heavy atom. The zero-order chi connectivity index (χ0) is 34.6. The average Bonchev–Trinajstić information content (AvgIpc) is 3.14. The maximum Gasteiger partial charge on any atom is 0.339 e. The van der Waals surface area contributed by atoms with Gasteiger partial charge in [0.1, 0.15) is 16.7 Å². The van der Waals surface area contributed by atoms with E-state index < -0.39 is 23.0 Å². The summed E-state index contributed by atoms with van der Waals surface area (Å²) in [7, 11) is 2.81. The number of amides is 3. The molecule has 3 N–H and O–H groups in total. The van der Waals surface area contributed by atoms with Crippen LogP contribution in [0.15, 0.2) is 144 Å². The van der Waals surface area contributed by atoms with Gasteiger partial charge in [-0.05, 0) is 60.2 Å². The summed E-state index contributed by atoms with van der Waals surface area (Å²) in [5, 5.41) is 7.78. The second kappa shape index (κ2) is 16.6. The molecule has 3 amide bonds. The number of anilines is 2. The average molecular weight is 672 g/mol. The molecule has 49 heavy (non-hydrogen) atoms. The van der Waals surface area contributed by atoms with Crippen molar-refractivity contribution in [2.45, 2.75) is 10.1 Å². The fraction of sp³-hybridized carbons (Fsp3) is 0.0769. The number of benzene rings is 5. The van der Waals surface area contributed by atoms with Crippen LogP contribution < -0.4 is 20.7 Å². The first-order valence-corrected chi connectivity index (χ1v) is 16.1. The van der Waals surface area contributed by atoms with Crippen molar-refractivity contribution in [3.8, 4) is 5.75 Å². The Balaban J connectivity index is 1.40. The highest BCUT2D eigenvalue weighted by atomic mass is 32.2. The minimum Gasteiger partial charge on any atom is -0.496 e. The summed E-state index contributed by atoms with van der Waals surface area (Å²) in [6.07, 6.45) is 1.55. The molecular formula is C39H33N3O6S. The summed E-state index contributed by atoms with van der Waals surface area (Å²) in [6.45, 7) is 0. The molecule has 0 radical (unpaired) electrons. The lowest BCUT2D eigenvalue weighted by Crippen LogP contribution is -2.30. The van der Waals surface area contributed by atoms with Gasteiger partial charge in [-0.25, -0.2) is 4.79 Å². The van der Waals surface area contributed by atoms with Crippen molar-refractivity contribution in [2.75, 3.05) is 24.9 Å². The van der Waals surface area contributed by atoms with Crippen molar-refractivity contribution in [1.82, 2.24) is 5.32 Å². The number of methoxy groups -OCH3 is 2. The van der Waals surface area contributed by atoms with Gasteiger partial charge >= 0.3 is 5.97 Å². The molecule has 0 bridgehead atoms. The Hall–Kier alpha value is -6.13. The van der Waals surface area contributed by atoms with E-state index in [1.54, 1.807) is 97.1 Å². The van der Waals surface area contributed by atoms with Crippen LogP contribution in [0.3, 0.4) is 0 Å². The molecule has 1 unspecified atom stereocenters. The van der Waals surface area contributed by atoms with Gasteiger partial charge in [0.25, 0.3) is 11.8 Å². The fourth-order valence-electron chi connectivity index (χ4n) is 4.84. The monoisotopic (exact) mass is 671 g/mol. The largest absolute Gasteiger partial charge is 0.496 e. The van der Waals surface area contributed by atoms with Crippen molar-refractivity contribution in [1.29, 1.82) is 0 Å². The maximum atomic E-state index is 13.8. The number of para-hydroxylation sites is 2. The summed E-state index contributed by atoms with van der Waals surface area (Å²) in [5.41, 5.74) is 2.73. The van der Waals surface area contributed by atoms with E-state index >= 15 is 0 Å². The van der Waals surface area contributed by atoms with Gasteiger partial charge in [-0.2, -0.15) is 0 Å². The summed E-state index contributed by atoms with van der Waals surface area (Å²) in [5.74, 6) is -1.41. The highest BCUT2D eigenvalue weighted by Gasteiger charge is 2.24. The molecule has 0 spiro atoms. The number of esters is 1. The standard InChI is InChI=1S/C39H33N3O6S/c1-47-34-23-12-9-18-28(34)24-33(42-36(43)27-16-7-4-8-17-27)37(44)40-29-19-13-20-30(25-29)49-35(26-14-5-3-6-15-26)38(45)41-32-22-11-10-21-31(32)39(46)48-2/h3-25,35H,1-2H3,(H,40,44)(H,41,45)(H,42,43)/b33-24+. The van der Waals surface area contributed by atoms with Crippen molar-refractivity contribution < 1.29 is 28.7 Å². The zero-order valence-corrected chi connectivity index (χ0v) is 27.5. The summed E-state index contributed by atoms with van der Waals surface area (Å²) >= 11 is 1.27. The van der Waals surface area contributed by atoms with Gasteiger partial charge in [-0.15, -0.1) is 11.8 Å². The summed E-state index contributed by atoms with van der Waals surface area (Å²) in [6, 6.07) is 38.6. The molecule has 0 aliphatic carbocycles. The molecule has 0 saturated carbocycles. The number of nitrogens with one attached hydrogen (secondary N) is 3. The third kappa shape index (κ3) is 9.03. The second-order valence-corrected chi connectivity index (χ2v) is 11.7. The van der Waals surface area contributed by atoms with Crippen molar-refractivity contribution in [3.05, 3.63) is 161 Å². The zero-order valence-electron chi connectivity index (χ0n) is 26.7. The number of hydrogen-bond acceptors (Lipinski definition) is 7. The van der Waals surface area contributed by atoms with Crippen LogP contribution in [0.5, 0.6) is 5.75 Å². The lowest BCUT2D eigenvalue weighted by molar-refractivity contribution is -0.116. The Bertz CT molecular complexity index is 1980. The van der Waals surface area contributed by atoms with Gasteiger partial charge in [-0.1, -0.05) is 84.9 Å². The topological polar surface area (TPSA) is 123 Å². The maximum absolute atomic E-state index is 13.8. The van der Waals surface area contributed by atoms with Gasteiger partial charge in [-0.3, -0.25) is 14.4 Å². The Morgan fingerprint density at radius 3 is 2.12 bits per heavy atom. The van der Waals surface area contributed by atoms with E-state index in [1.807, 2.05) is 42.5 Å². The number of carbonyl (C=O) groups is 4. The molecule has 1 atom stereocenters. The molecule has 0 aromatic heterocycles. The molecule has 5 rings (SSSR count). The molecule has 5 aromatic carbocycles. The highest BCUT2D eigenvalue weighted by molar-refractivity contribution is 8.00. The molecule has 0 heterocycles. The Labute approximate surface area is 288 Å². The summed E-state index contributed by atoms with van der Waals surface area (Å²) in [4.78, 5) is 53.6. The van der Waals surface area contributed by atoms with E-state index in [1.165, 1.54) is 26.0 Å². The quantitative estimate of drug-likeness (QED) is 0.0720. The SMILES string of the molecule is COC(=O)c1ccccc1NC(=O)C(Sc1cccc(NC(=O)/C(=C\c2ccccc2OC)NC(=O)c2ccccc2)c1)c1ccccc1. The van der Waals surface area contributed by atoms with Crippen LogP contribution in [-0.4, -0.2) is 37.9 Å². The van der Waals surface area contributed by atoms with E-state index in [0.717, 1.165) is 5.56 Å². The number of ether oxygens (including phenoxy) is 2. The molecule has 10 heteroatoms. The lowest BCUT2D eigenvalue weighted by Gasteiger charge is -2.19. The molecule has 0 aliphatic heterocycles. The second-order valence-electron chi connectivity index (χ2n) is 10.5. The summed E-state index contributed by atoms with van der Waals surface area (Å²) < 4.78 is 10.3. The van der Waals surface area contributed by atoms with Crippen molar-refractivity contribution >= 4 is 52.9 Å². The minimum atomic E-state index is -0.719.